The van der Waals surface area contributed by atoms with E-state index in [0.29, 0.717) is 11.9 Å². The van der Waals surface area contributed by atoms with E-state index in [-0.39, 0.29) is 0 Å². The van der Waals surface area contributed by atoms with Crippen molar-refractivity contribution in [2.24, 2.45) is 11.0 Å². The number of aryl methyl sites for hydroxylation is 2. The number of rotatable bonds is 7. The van der Waals surface area contributed by atoms with Crippen LogP contribution >= 0.6 is 0 Å². The number of hydrogen-bond donors (Lipinski definition) is 1. The number of hydrogen-bond acceptors (Lipinski definition) is 4. The summed E-state index contributed by atoms with van der Waals surface area (Å²) >= 11 is 0. The molecule has 0 radical (unpaired) electrons. The molecule has 4 heteroatoms. The van der Waals surface area contributed by atoms with Crippen LogP contribution in [0.25, 0.3) is 0 Å². The number of benzene rings is 1. The summed E-state index contributed by atoms with van der Waals surface area (Å²) in [7, 11) is 0. The van der Waals surface area contributed by atoms with Crippen molar-refractivity contribution in [1.82, 2.24) is 9.97 Å². The fourth-order valence-corrected chi connectivity index (χ4v) is 2.75. The summed E-state index contributed by atoms with van der Waals surface area (Å²) in [5.41, 5.74) is 8.51. The standard InChI is InChI=1S/C20H28N4/c1-6-9-18-13-15(4)21-20(22-18)24-23-16(5)19-11-8-7-10-17(19)12-14(2)3/h7-8,10-11,13-14H,6,9,12H2,1-5H3,(H,21,22,24). The van der Waals surface area contributed by atoms with Crippen LogP contribution in [-0.4, -0.2) is 15.7 Å². The Labute approximate surface area is 145 Å². The second-order valence-electron chi connectivity index (χ2n) is 6.64. The molecule has 1 aromatic carbocycles. The first-order valence-electron chi connectivity index (χ1n) is 8.72. The Kier molecular flexibility index (Phi) is 6.47. The van der Waals surface area contributed by atoms with Gasteiger partial charge in [0.1, 0.15) is 0 Å². The molecule has 0 bridgehead atoms. The predicted molar refractivity (Wildman–Crippen MR) is 102 cm³/mol. The fourth-order valence-electron chi connectivity index (χ4n) is 2.75. The molecule has 0 saturated heterocycles. The molecule has 24 heavy (non-hydrogen) atoms. The van der Waals surface area contributed by atoms with E-state index in [1.54, 1.807) is 0 Å². The van der Waals surface area contributed by atoms with Crippen molar-refractivity contribution >= 4 is 11.7 Å². The minimum absolute atomic E-state index is 0.569. The Balaban J connectivity index is 2.20. The average Bonchev–Trinajstić information content (AvgIpc) is 2.52. The van der Waals surface area contributed by atoms with Crippen LogP contribution in [0, 0.1) is 12.8 Å². The minimum atomic E-state index is 0.569. The maximum atomic E-state index is 4.53. The highest BCUT2D eigenvalue weighted by atomic mass is 15.4. The van der Waals surface area contributed by atoms with Crippen LogP contribution in [0.1, 0.15) is 56.6 Å². The average molecular weight is 324 g/mol. The Bertz CT molecular complexity index is 705. The molecule has 1 heterocycles. The molecule has 0 aliphatic carbocycles. The Morgan fingerprint density at radius 2 is 1.96 bits per heavy atom. The van der Waals surface area contributed by atoms with Gasteiger partial charge < -0.3 is 0 Å². The van der Waals surface area contributed by atoms with Crippen LogP contribution in [0.15, 0.2) is 35.4 Å². The topological polar surface area (TPSA) is 50.2 Å². The van der Waals surface area contributed by atoms with Gasteiger partial charge in [0.2, 0.25) is 5.95 Å². The first-order valence-corrected chi connectivity index (χ1v) is 8.72. The Morgan fingerprint density at radius 3 is 2.67 bits per heavy atom. The van der Waals surface area contributed by atoms with Gasteiger partial charge in [0.25, 0.3) is 0 Å². The van der Waals surface area contributed by atoms with E-state index in [0.717, 1.165) is 36.4 Å². The van der Waals surface area contributed by atoms with Gasteiger partial charge in [-0.05, 0) is 44.2 Å². The lowest BCUT2D eigenvalue weighted by molar-refractivity contribution is 0.646. The SMILES string of the molecule is CCCc1cc(C)nc(NN=C(C)c2ccccc2CC(C)C)n1. The molecule has 1 aromatic heterocycles. The van der Waals surface area contributed by atoms with Crippen molar-refractivity contribution in [1.29, 1.82) is 0 Å². The summed E-state index contributed by atoms with van der Waals surface area (Å²) in [5, 5.41) is 4.52. The van der Waals surface area contributed by atoms with E-state index in [4.69, 9.17) is 0 Å². The van der Waals surface area contributed by atoms with E-state index in [9.17, 15) is 0 Å². The van der Waals surface area contributed by atoms with E-state index in [2.05, 4.69) is 65.5 Å². The van der Waals surface area contributed by atoms with Crippen molar-refractivity contribution in [3.8, 4) is 0 Å². The first-order chi connectivity index (χ1) is 11.5. The zero-order valence-electron chi connectivity index (χ0n) is 15.4. The third kappa shape index (κ3) is 5.15. The van der Waals surface area contributed by atoms with Gasteiger partial charge in [-0.2, -0.15) is 5.10 Å². The van der Waals surface area contributed by atoms with Crippen molar-refractivity contribution < 1.29 is 0 Å². The highest BCUT2D eigenvalue weighted by Gasteiger charge is 2.07. The highest BCUT2D eigenvalue weighted by molar-refractivity contribution is 6.00. The summed E-state index contributed by atoms with van der Waals surface area (Å²) in [5.74, 6) is 1.18. The molecule has 0 amide bonds. The molecular formula is C20H28N4. The second kappa shape index (κ2) is 8.57. The van der Waals surface area contributed by atoms with Crippen LogP contribution in [0.5, 0.6) is 0 Å². The van der Waals surface area contributed by atoms with E-state index < -0.39 is 0 Å². The number of nitrogens with one attached hydrogen (secondary N) is 1. The molecule has 2 aromatic rings. The van der Waals surface area contributed by atoms with Gasteiger partial charge in [-0.1, -0.05) is 51.5 Å². The molecular weight excluding hydrogens is 296 g/mol. The summed E-state index contributed by atoms with van der Waals surface area (Å²) in [4.78, 5) is 8.95. The highest BCUT2D eigenvalue weighted by Crippen LogP contribution is 2.15. The van der Waals surface area contributed by atoms with E-state index >= 15 is 0 Å². The third-order valence-corrected chi connectivity index (χ3v) is 3.77. The van der Waals surface area contributed by atoms with E-state index in [1.807, 2.05) is 19.9 Å². The van der Waals surface area contributed by atoms with Gasteiger partial charge in [0.05, 0.1) is 5.71 Å². The maximum Gasteiger partial charge on any atom is 0.243 e. The molecule has 128 valence electrons. The zero-order valence-corrected chi connectivity index (χ0v) is 15.4. The van der Waals surface area contributed by atoms with Crippen LogP contribution < -0.4 is 5.43 Å². The molecule has 0 aliphatic rings. The fraction of sp³-hybridized carbons (Fsp3) is 0.450. The van der Waals surface area contributed by atoms with Crippen molar-refractivity contribution in [2.75, 3.05) is 5.43 Å². The number of nitrogens with zero attached hydrogens (tertiary/aromatic N) is 3. The zero-order chi connectivity index (χ0) is 17.5. The summed E-state index contributed by atoms with van der Waals surface area (Å²) in [6.07, 6.45) is 3.07. The van der Waals surface area contributed by atoms with Gasteiger partial charge in [-0.3, -0.25) is 0 Å². The van der Waals surface area contributed by atoms with Gasteiger partial charge in [-0.25, -0.2) is 15.4 Å². The number of aromatic nitrogens is 2. The summed E-state index contributed by atoms with van der Waals surface area (Å²) in [6, 6.07) is 10.5. The molecule has 0 atom stereocenters. The lowest BCUT2D eigenvalue weighted by atomic mass is 9.96. The monoisotopic (exact) mass is 324 g/mol. The molecule has 0 unspecified atom stereocenters. The molecule has 4 nitrogen and oxygen atoms in total. The Morgan fingerprint density at radius 1 is 1.21 bits per heavy atom. The van der Waals surface area contributed by atoms with Crippen molar-refractivity contribution in [3.63, 3.8) is 0 Å². The number of anilines is 1. The van der Waals surface area contributed by atoms with Crippen LogP contribution in [0.4, 0.5) is 5.95 Å². The van der Waals surface area contributed by atoms with Crippen LogP contribution in [0.2, 0.25) is 0 Å². The van der Waals surface area contributed by atoms with E-state index in [1.165, 1.54) is 11.1 Å². The van der Waals surface area contributed by atoms with Gasteiger partial charge >= 0.3 is 0 Å². The van der Waals surface area contributed by atoms with Crippen LogP contribution in [-0.2, 0) is 12.8 Å². The van der Waals surface area contributed by atoms with Crippen LogP contribution in [0.3, 0.4) is 0 Å². The first kappa shape index (κ1) is 18.1. The normalized spacial score (nSPS) is 11.8. The molecule has 1 N–H and O–H groups in total. The molecule has 2 rings (SSSR count). The molecule has 0 saturated carbocycles. The van der Waals surface area contributed by atoms with Gasteiger partial charge in [0.15, 0.2) is 0 Å². The lowest BCUT2D eigenvalue weighted by Crippen LogP contribution is -2.08. The summed E-state index contributed by atoms with van der Waals surface area (Å²) in [6.45, 7) is 10.6. The van der Waals surface area contributed by atoms with Crippen molar-refractivity contribution in [2.45, 2.75) is 53.9 Å². The van der Waals surface area contributed by atoms with Gasteiger partial charge in [-0.15, -0.1) is 0 Å². The smallest absolute Gasteiger partial charge is 0.243 e. The van der Waals surface area contributed by atoms with Crippen molar-refractivity contribution in [3.05, 3.63) is 52.8 Å². The third-order valence-electron chi connectivity index (χ3n) is 3.77. The van der Waals surface area contributed by atoms with Gasteiger partial charge in [0, 0.05) is 17.0 Å². The second-order valence-corrected chi connectivity index (χ2v) is 6.64. The lowest BCUT2D eigenvalue weighted by Gasteiger charge is -2.11. The maximum absolute atomic E-state index is 4.53. The quantitative estimate of drug-likeness (QED) is 0.589. The number of hydrazone groups is 1. The molecule has 0 spiro atoms. The predicted octanol–water partition coefficient (Wildman–Crippen LogP) is 4.77. The summed E-state index contributed by atoms with van der Waals surface area (Å²) < 4.78 is 0. The molecule has 0 fully saturated rings. The Hall–Kier alpha value is -2.23. The molecule has 0 aliphatic heterocycles. The largest absolute Gasteiger partial charge is 0.245 e. The minimum Gasteiger partial charge on any atom is -0.245 e.